The largest absolute Gasteiger partial charge is 0.497 e. The van der Waals surface area contributed by atoms with E-state index in [0.717, 1.165) is 0 Å². The highest BCUT2D eigenvalue weighted by atomic mass is 19.4. The van der Waals surface area contributed by atoms with E-state index in [1.165, 1.54) is 32.4 Å². The summed E-state index contributed by atoms with van der Waals surface area (Å²) >= 11 is 0. The highest BCUT2D eigenvalue weighted by Gasteiger charge is 2.51. The predicted octanol–water partition coefficient (Wildman–Crippen LogP) is 2.35. The van der Waals surface area contributed by atoms with Crippen molar-refractivity contribution in [2.24, 2.45) is 0 Å². The minimum atomic E-state index is -4.89. The summed E-state index contributed by atoms with van der Waals surface area (Å²) in [5.74, 6) is -0.290. The van der Waals surface area contributed by atoms with Gasteiger partial charge in [-0.25, -0.2) is 0 Å². The van der Waals surface area contributed by atoms with Gasteiger partial charge in [-0.05, 0) is 19.1 Å². The lowest BCUT2D eigenvalue weighted by Crippen LogP contribution is -2.44. The standard InChI is InChI=1S/C13H16F3NO4/c1-12(19,13(14,15)16)7-11(18)17-9-5-4-8(20-2)6-10(9)21-3/h4-6,19H,7H2,1-3H3,(H,17,18). The third-order valence-corrected chi connectivity index (χ3v) is 2.80. The second-order valence-electron chi connectivity index (χ2n) is 4.56. The number of hydrogen-bond acceptors (Lipinski definition) is 4. The van der Waals surface area contributed by atoms with Crippen LogP contribution in [0.5, 0.6) is 11.5 Å². The zero-order valence-electron chi connectivity index (χ0n) is 11.7. The van der Waals surface area contributed by atoms with Crippen LogP contribution in [0, 0.1) is 0 Å². The van der Waals surface area contributed by atoms with Gasteiger partial charge in [-0.3, -0.25) is 4.79 Å². The van der Waals surface area contributed by atoms with Gasteiger partial charge < -0.3 is 19.9 Å². The first-order valence-electron chi connectivity index (χ1n) is 5.91. The minimum Gasteiger partial charge on any atom is -0.497 e. The number of halogens is 3. The fourth-order valence-corrected chi connectivity index (χ4v) is 1.51. The molecule has 0 saturated carbocycles. The van der Waals surface area contributed by atoms with E-state index >= 15 is 0 Å². The van der Waals surface area contributed by atoms with Crippen molar-refractivity contribution in [2.45, 2.75) is 25.1 Å². The number of anilines is 1. The number of hydrogen-bond donors (Lipinski definition) is 2. The van der Waals surface area contributed by atoms with Gasteiger partial charge >= 0.3 is 6.18 Å². The molecule has 0 aliphatic heterocycles. The first-order valence-corrected chi connectivity index (χ1v) is 5.91. The number of benzene rings is 1. The Labute approximate surface area is 119 Å². The molecule has 0 heterocycles. The molecule has 0 aliphatic rings. The van der Waals surface area contributed by atoms with Crippen molar-refractivity contribution in [3.63, 3.8) is 0 Å². The Balaban J connectivity index is 2.85. The van der Waals surface area contributed by atoms with Crippen LogP contribution in [0.15, 0.2) is 18.2 Å². The third kappa shape index (κ3) is 4.25. The highest BCUT2D eigenvalue weighted by Crippen LogP contribution is 2.34. The number of carbonyl (C=O) groups excluding carboxylic acids is 1. The maximum Gasteiger partial charge on any atom is 0.417 e. The van der Waals surface area contributed by atoms with Gasteiger partial charge in [0, 0.05) is 6.07 Å². The zero-order valence-corrected chi connectivity index (χ0v) is 11.7. The molecule has 1 aromatic rings. The van der Waals surface area contributed by atoms with Gasteiger partial charge in [0.2, 0.25) is 5.91 Å². The predicted molar refractivity (Wildman–Crippen MR) is 69.5 cm³/mol. The van der Waals surface area contributed by atoms with E-state index in [2.05, 4.69) is 5.32 Å². The van der Waals surface area contributed by atoms with Crippen LogP contribution in [0.4, 0.5) is 18.9 Å². The minimum absolute atomic E-state index is 0.182. The summed E-state index contributed by atoms with van der Waals surface area (Å²) in [6.07, 6.45) is -6.01. The van der Waals surface area contributed by atoms with Crippen molar-refractivity contribution in [3.8, 4) is 11.5 Å². The number of rotatable bonds is 5. The Kier molecular flexibility index (Phi) is 5.06. The van der Waals surface area contributed by atoms with Gasteiger partial charge in [0.05, 0.1) is 26.3 Å². The quantitative estimate of drug-likeness (QED) is 0.876. The van der Waals surface area contributed by atoms with E-state index in [1.54, 1.807) is 0 Å². The smallest absolute Gasteiger partial charge is 0.417 e. The molecule has 1 rings (SSSR count). The Bertz CT molecular complexity index is 515. The highest BCUT2D eigenvalue weighted by molar-refractivity contribution is 5.93. The number of alkyl halides is 3. The molecule has 118 valence electrons. The van der Waals surface area contributed by atoms with Crippen molar-refractivity contribution >= 4 is 11.6 Å². The van der Waals surface area contributed by atoms with Crippen LogP contribution < -0.4 is 14.8 Å². The fourth-order valence-electron chi connectivity index (χ4n) is 1.51. The topological polar surface area (TPSA) is 67.8 Å². The summed E-state index contributed by atoms with van der Waals surface area (Å²) in [4.78, 5) is 11.6. The Morgan fingerprint density at radius 2 is 1.90 bits per heavy atom. The van der Waals surface area contributed by atoms with E-state index in [-0.39, 0.29) is 11.4 Å². The lowest BCUT2D eigenvalue weighted by atomic mass is 10.0. The lowest BCUT2D eigenvalue weighted by Gasteiger charge is -2.25. The van der Waals surface area contributed by atoms with Gasteiger partial charge in [0.25, 0.3) is 0 Å². The summed E-state index contributed by atoms with van der Waals surface area (Å²) in [6.45, 7) is 0.540. The molecular formula is C13H16F3NO4. The molecule has 1 unspecified atom stereocenters. The van der Waals surface area contributed by atoms with E-state index in [9.17, 15) is 23.1 Å². The second-order valence-corrected chi connectivity index (χ2v) is 4.56. The van der Waals surface area contributed by atoms with Crippen LogP contribution in [-0.4, -0.2) is 37.0 Å². The summed E-state index contributed by atoms with van der Waals surface area (Å²) in [6, 6.07) is 4.41. The third-order valence-electron chi connectivity index (χ3n) is 2.80. The number of methoxy groups -OCH3 is 2. The normalized spacial score (nSPS) is 14.2. The molecular weight excluding hydrogens is 291 g/mol. The Morgan fingerprint density at radius 3 is 2.38 bits per heavy atom. The molecule has 1 amide bonds. The molecule has 0 bridgehead atoms. The fraction of sp³-hybridized carbons (Fsp3) is 0.462. The first-order chi connectivity index (χ1) is 9.60. The summed E-state index contributed by atoms with van der Waals surface area (Å²) in [5, 5.41) is 11.5. The second kappa shape index (κ2) is 6.21. The van der Waals surface area contributed by atoms with Gasteiger partial charge in [-0.1, -0.05) is 0 Å². The van der Waals surface area contributed by atoms with Crippen LogP contribution in [0.1, 0.15) is 13.3 Å². The molecule has 0 aliphatic carbocycles. The van der Waals surface area contributed by atoms with Gasteiger partial charge in [-0.15, -0.1) is 0 Å². The number of carbonyl (C=O) groups is 1. The van der Waals surface area contributed by atoms with Crippen LogP contribution in [0.3, 0.4) is 0 Å². The summed E-state index contributed by atoms with van der Waals surface area (Å²) in [5.41, 5.74) is -2.92. The molecule has 2 N–H and O–H groups in total. The summed E-state index contributed by atoms with van der Waals surface area (Å²) in [7, 11) is 2.78. The number of ether oxygens (including phenoxy) is 2. The molecule has 21 heavy (non-hydrogen) atoms. The molecule has 0 saturated heterocycles. The molecule has 1 aromatic carbocycles. The SMILES string of the molecule is COc1ccc(NC(=O)CC(C)(O)C(F)(F)F)c(OC)c1. The van der Waals surface area contributed by atoms with Crippen molar-refractivity contribution in [1.29, 1.82) is 0 Å². The Morgan fingerprint density at radius 1 is 1.29 bits per heavy atom. The van der Waals surface area contributed by atoms with Crippen LogP contribution in [-0.2, 0) is 4.79 Å². The zero-order chi connectivity index (χ0) is 16.3. The Hall–Kier alpha value is -1.96. The average molecular weight is 307 g/mol. The molecule has 5 nitrogen and oxygen atoms in total. The van der Waals surface area contributed by atoms with Gasteiger partial charge in [0.15, 0.2) is 5.60 Å². The van der Waals surface area contributed by atoms with Crippen molar-refractivity contribution in [1.82, 2.24) is 0 Å². The van der Waals surface area contributed by atoms with E-state index in [0.29, 0.717) is 12.7 Å². The first kappa shape index (κ1) is 17.1. The van der Waals surface area contributed by atoms with Crippen molar-refractivity contribution < 1.29 is 32.5 Å². The van der Waals surface area contributed by atoms with E-state index in [4.69, 9.17) is 9.47 Å². The van der Waals surface area contributed by atoms with Gasteiger partial charge in [-0.2, -0.15) is 13.2 Å². The average Bonchev–Trinajstić information content (AvgIpc) is 2.37. The number of nitrogens with one attached hydrogen (secondary N) is 1. The molecule has 0 aromatic heterocycles. The van der Waals surface area contributed by atoms with Crippen LogP contribution >= 0.6 is 0 Å². The van der Waals surface area contributed by atoms with E-state index < -0.39 is 24.1 Å². The molecule has 0 spiro atoms. The van der Waals surface area contributed by atoms with Gasteiger partial charge in [0.1, 0.15) is 11.5 Å². The summed E-state index contributed by atoms with van der Waals surface area (Å²) < 4.78 is 47.5. The molecule has 0 radical (unpaired) electrons. The monoisotopic (exact) mass is 307 g/mol. The number of aliphatic hydroxyl groups is 1. The van der Waals surface area contributed by atoms with Crippen LogP contribution in [0.25, 0.3) is 0 Å². The van der Waals surface area contributed by atoms with Crippen molar-refractivity contribution in [3.05, 3.63) is 18.2 Å². The maximum absolute atomic E-state index is 12.5. The van der Waals surface area contributed by atoms with Crippen LogP contribution in [0.2, 0.25) is 0 Å². The maximum atomic E-state index is 12.5. The van der Waals surface area contributed by atoms with Crippen molar-refractivity contribution in [2.75, 3.05) is 19.5 Å². The molecule has 1 atom stereocenters. The molecule has 8 heteroatoms. The lowest BCUT2D eigenvalue weighted by molar-refractivity contribution is -0.252. The number of amides is 1. The molecule has 0 fully saturated rings. The van der Waals surface area contributed by atoms with E-state index in [1.807, 2.05) is 0 Å².